The van der Waals surface area contributed by atoms with Crippen molar-refractivity contribution in [3.05, 3.63) is 28.9 Å². The van der Waals surface area contributed by atoms with Gasteiger partial charge in [0.05, 0.1) is 7.11 Å². The molecule has 0 saturated carbocycles. The summed E-state index contributed by atoms with van der Waals surface area (Å²) >= 11 is 3.33. The molecular weight excluding hydrogens is 232 g/mol. The van der Waals surface area contributed by atoms with Gasteiger partial charge in [-0.2, -0.15) is 0 Å². The molecule has 13 heavy (non-hydrogen) atoms. The molecule has 66 valence electrons. The van der Waals surface area contributed by atoms with Crippen LogP contribution in [0.25, 0.3) is 10.8 Å². The second-order valence-corrected chi connectivity index (χ2v) is 3.30. The summed E-state index contributed by atoms with van der Waals surface area (Å²) in [5.41, 5.74) is 0. The zero-order valence-electron chi connectivity index (χ0n) is 6.99. The highest BCUT2D eigenvalue weighted by Gasteiger charge is 2.05. The van der Waals surface area contributed by atoms with Crippen LogP contribution in [0.3, 0.4) is 0 Å². The van der Waals surface area contributed by atoms with Crippen molar-refractivity contribution in [2.75, 3.05) is 7.11 Å². The average Bonchev–Trinajstić information content (AvgIpc) is 2.19. The molecule has 1 aromatic heterocycles. The lowest BCUT2D eigenvalue weighted by Gasteiger charge is -2.03. The van der Waals surface area contributed by atoms with Crippen LogP contribution in [0.5, 0.6) is 5.88 Å². The normalized spacial score (nSPS) is 10.3. The maximum absolute atomic E-state index is 5.09. The molecule has 2 aromatic rings. The summed E-state index contributed by atoms with van der Waals surface area (Å²) in [5.74, 6) is 0.554. The van der Waals surface area contributed by atoms with Crippen LogP contribution in [0, 0.1) is 0 Å². The van der Waals surface area contributed by atoms with Crippen LogP contribution in [0.15, 0.2) is 28.9 Å². The topological polar surface area (TPSA) is 35.0 Å². The maximum atomic E-state index is 5.09. The molecule has 0 unspecified atom stereocenters. The van der Waals surface area contributed by atoms with E-state index in [4.69, 9.17) is 4.74 Å². The third-order valence-electron chi connectivity index (χ3n) is 1.80. The molecule has 0 atom stereocenters. The smallest absolute Gasteiger partial charge is 0.241 e. The van der Waals surface area contributed by atoms with Gasteiger partial charge in [0.15, 0.2) is 0 Å². The zero-order valence-corrected chi connectivity index (χ0v) is 8.58. The molecule has 0 amide bonds. The number of hydrogen-bond acceptors (Lipinski definition) is 3. The average molecular weight is 239 g/mol. The molecule has 3 nitrogen and oxygen atoms in total. The molecule has 0 fully saturated rings. The van der Waals surface area contributed by atoms with Gasteiger partial charge < -0.3 is 4.74 Å². The Labute approximate surface area is 83.9 Å². The minimum absolute atomic E-state index is 0.554. The second kappa shape index (κ2) is 3.30. The lowest BCUT2D eigenvalue weighted by Crippen LogP contribution is -1.92. The van der Waals surface area contributed by atoms with E-state index in [2.05, 4.69) is 26.1 Å². The zero-order chi connectivity index (χ0) is 9.26. The Morgan fingerprint density at radius 2 is 1.85 bits per heavy atom. The number of methoxy groups -OCH3 is 1. The number of hydrogen-bond donors (Lipinski definition) is 0. The Balaban J connectivity index is 2.84. The molecule has 0 aliphatic heterocycles. The van der Waals surface area contributed by atoms with E-state index in [1.165, 1.54) is 0 Å². The van der Waals surface area contributed by atoms with Gasteiger partial charge in [-0.05, 0) is 22.0 Å². The fourth-order valence-corrected chi connectivity index (χ4v) is 1.62. The summed E-state index contributed by atoms with van der Waals surface area (Å²) in [4.78, 5) is 0. The van der Waals surface area contributed by atoms with Crippen molar-refractivity contribution in [2.24, 2.45) is 0 Å². The van der Waals surface area contributed by atoms with Crippen molar-refractivity contribution in [3.8, 4) is 5.88 Å². The first-order valence-electron chi connectivity index (χ1n) is 3.78. The standard InChI is InChI=1S/C9H7BrN2O/c1-13-9-7-5-3-2-4-6(7)8(10)11-12-9/h2-5H,1H3. The molecule has 0 spiro atoms. The van der Waals surface area contributed by atoms with Crippen LogP contribution in [0.1, 0.15) is 0 Å². The van der Waals surface area contributed by atoms with Crippen molar-refractivity contribution in [3.63, 3.8) is 0 Å². The fraction of sp³-hybridized carbons (Fsp3) is 0.111. The summed E-state index contributed by atoms with van der Waals surface area (Å²) in [6.45, 7) is 0. The molecule has 4 heteroatoms. The number of nitrogens with zero attached hydrogens (tertiary/aromatic N) is 2. The maximum Gasteiger partial charge on any atom is 0.241 e. The molecule has 1 aromatic carbocycles. The number of aromatic nitrogens is 2. The fourth-order valence-electron chi connectivity index (χ4n) is 1.20. The Hall–Kier alpha value is -1.16. The summed E-state index contributed by atoms with van der Waals surface area (Å²) in [7, 11) is 1.59. The van der Waals surface area contributed by atoms with Crippen molar-refractivity contribution >= 4 is 26.7 Å². The number of rotatable bonds is 1. The van der Waals surface area contributed by atoms with Crippen LogP contribution >= 0.6 is 15.9 Å². The van der Waals surface area contributed by atoms with Gasteiger partial charge in [0.2, 0.25) is 5.88 Å². The molecule has 1 heterocycles. The third-order valence-corrected chi connectivity index (χ3v) is 2.39. The monoisotopic (exact) mass is 238 g/mol. The Morgan fingerprint density at radius 1 is 1.15 bits per heavy atom. The third kappa shape index (κ3) is 1.37. The van der Waals surface area contributed by atoms with Crippen molar-refractivity contribution in [1.82, 2.24) is 10.2 Å². The van der Waals surface area contributed by atoms with Gasteiger partial charge in [-0.15, -0.1) is 10.2 Å². The SMILES string of the molecule is COc1nnc(Br)c2ccccc12. The predicted octanol–water partition coefficient (Wildman–Crippen LogP) is 2.40. The Bertz CT molecular complexity index is 445. The second-order valence-electron chi connectivity index (χ2n) is 2.55. The minimum atomic E-state index is 0.554. The molecule has 0 bridgehead atoms. The Kier molecular flexibility index (Phi) is 2.14. The summed E-state index contributed by atoms with van der Waals surface area (Å²) < 4.78 is 5.83. The molecule has 0 aliphatic carbocycles. The van der Waals surface area contributed by atoms with E-state index < -0.39 is 0 Å². The van der Waals surface area contributed by atoms with Gasteiger partial charge in [0, 0.05) is 10.8 Å². The molecular formula is C9H7BrN2O. The highest BCUT2D eigenvalue weighted by atomic mass is 79.9. The Morgan fingerprint density at radius 3 is 2.54 bits per heavy atom. The first-order valence-corrected chi connectivity index (χ1v) is 4.57. The number of benzene rings is 1. The lowest BCUT2D eigenvalue weighted by molar-refractivity contribution is 0.397. The highest BCUT2D eigenvalue weighted by molar-refractivity contribution is 9.10. The molecule has 0 aliphatic rings. The van der Waals surface area contributed by atoms with E-state index in [1.807, 2.05) is 24.3 Å². The van der Waals surface area contributed by atoms with E-state index in [9.17, 15) is 0 Å². The summed E-state index contributed by atoms with van der Waals surface area (Å²) in [5, 5.41) is 9.80. The van der Waals surface area contributed by atoms with Crippen LogP contribution in [0.4, 0.5) is 0 Å². The van der Waals surface area contributed by atoms with Gasteiger partial charge in [0.1, 0.15) is 4.60 Å². The van der Waals surface area contributed by atoms with E-state index >= 15 is 0 Å². The minimum Gasteiger partial charge on any atom is -0.479 e. The number of fused-ring (bicyclic) bond motifs is 1. The van der Waals surface area contributed by atoms with Gasteiger partial charge in [-0.3, -0.25) is 0 Å². The van der Waals surface area contributed by atoms with Gasteiger partial charge in [-0.1, -0.05) is 18.2 Å². The van der Waals surface area contributed by atoms with Crippen LogP contribution in [-0.2, 0) is 0 Å². The van der Waals surface area contributed by atoms with Gasteiger partial charge in [-0.25, -0.2) is 0 Å². The summed E-state index contributed by atoms with van der Waals surface area (Å²) in [6.07, 6.45) is 0. The predicted molar refractivity (Wildman–Crippen MR) is 53.8 cm³/mol. The largest absolute Gasteiger partial charge is 0.479 e. The molecule has 0 N–H and O–H groups in total. The van der Waals surface area contributed by atoms with E-state index in [0.717, 1.165) is 15.4 Å². The first kappa shape index (κ1) is 8.44. The van der Waals surface area contributed by atoms with Gasteiger partial charge in [0.25, 0.3) is 0 Å². The highest BCUT2D eigenvalue weighted by Crippen LogP contribution is 2.26. The van der Waals surface area contributed by atoms with Crippen LogP contribution in [0.2, 0.25) is 0 Å². The van der Waals surface area contributed by atoms with E-state index in [0.29, 0.717) is 5.88 Å². The lowest BCUT2D eigenvalue weighted by atomic mass is 10.2. The van der Waals surface area contributed by atoms with Crippen molar-refractivity contribution in [2.45, 2.75) is 0 Å². The van der Waals surface area contributed by atoms with Crippen molar-refractivity contribution < 1.29 is 4.74 Å². The van der Waals surface area contributed by atoms with E-state index in [1.54, 1.807) is 7.11 Å². The molecule has 2 rings (SSSR count). The van der Waals surface area contributed by atoms with Crippen LogP contribution in [-0.4, -0.2) is 17.3 Å². The van der Waals surface area contributed by atoms with Crippen LogP contribution < -0.4 is 4.74 Å². The molecule has 0 radical (unpaired) electrons. The first-order chi connectivity index (χ1) is 6.33. The summed E-state index contributed by atoms with van der Waals surface area (Å²) in [6, 6.07) is 7.82. The number of halogens is 1. The molecule has 0 saturated heterocycles. The van der Waals surface area contributed by atoms with Crippen molar-refractivity contribution in [1.29, 1.82) is 0 Å². The number of ether oxygens (including phenoxy) is 1. The quantitative estimate of drug-likeness (QED) is 0.766. The van der Waals surface area contributed by atoms with E-state index in [-0.39, 0.29) is 0 Å². The van der Waals surface area contributed by atoms with Gasteiger partial charge >= 0.3 is 0 Å².